The third kappa shape index (κ3) is 4.38. The van der Waals surface area contributed by atoms with Crippen molar-refractivity contribution in [3.05, 3.63) is 35.4 Å². The van der Waals surface area contributed by atoms with Gasteiger partial charge in [0.1, 0.15) is 0 Å². The van der Waals surface area contributed by atoms with Crippen molar-refractivity contribution in [3.8, 4) is 0 Å². The third-order valence-corrected chi connectivity index (χ3v) is 4.19. The molecule has 1 saturated heterocycles. The molecule has 0 radical (unpaired) electrons. The van der Waals surface area contributed by atoms with Gasteiger partial charge in [-0.15, -0.1) is 12.4 Å². The first-order chi connectivity index (χ1) is 10.4. The van der Waals surface area contributed by atoms with E-state index in [-0.39, 0.29) is 36.3 Å². The SMILES string of the molecule is CC(CN)C(=O)N1CCCCC1c1ccccc1C(F)(F)F.Cl. The number of amides is 1. The maximum absolute atomic E-state index is 13.2. The van der Waals surface area contributed by atoms with Gasteiger partial charge in [-0.1, -0.05) is 25.1 Å². The average molecular weight is 351 g/mol. The van der Waals surface area contributed by atoms with Gasteiger partial charge in [0.2, 0.25) is 5.91 Å². The summed E-state index contributed by atoms with van der Waals surface area (Å²) >= 11 is 0. The topological polar surface area (TPSA) is 46.3 Å². The number of halogens is 4. The van der Waals surface area contributed by atoms with Crippen molar-refractivity contribution in [2.75, 3.05) is 13.1 Å². The van der Waals surface area contributed by atoms with E-state index in [4.69, 9.17) is 5.73 Å². The fourth-order valence-electron chi connectivity index (χ4n) is 2.95. The number of rotatable bonds is 3. The summed E-state index contributed by atoms with van der Waals surface area (Å²) in [5.41, 5.74) is 5.07. The first kappa shape index (κ1) is 19.8. The molecule has 1 aromatic rings. The Labute approximate surface area is 140 Å². The van der Waals surface area contributed by atoms with Crippen LogP contribution in [0.25, 0.3) is 0 Å². The Kier molecular flexibility index (Phi) is 6.89. The van der Waals surface area contributed by atoms with Gasteiger partial charge in [0.25, 0.3) is 0 Å². The molecular formula is C16H22ClF3N2O. The van der Waals surface area contributed by atoms with E-state index in [1.807, 2.05) is 0 Å². The Morgan fingerprint density at radius 2 is 2.00 bits per heavy atom. The van der Waals surface area contributed by atoms with Gasteiger partial charge in [-0.25, -0.2) is 0 Å². The smallest absolute Gasteiger partial charge is 0.335 e. The number of hydrogen-bond donors (Lipinski definition) is 1. The molecule has 7 heteroatoms. The van der Waals surface area contributed by atoms with Crippen LogP contribution >= 0.6 is 12.4 Å². The second kappa shape index (κ2) is 8.02. The molecule has 2 N–H and O–H groups in total. The molecule has 1 aliphatic rings. The van der Waals surface area contributed by atoms with Crippen LogP contribution in [0.5, 0.6) is 0 Å². The number of carbonyl (C=O) groups excluding carboxylic acids is 1. The predicted molar refractivity (Wildman–Crippen MR) is 85.2 cm³/mol. The van der Waals surface area contributed by atoms with E-state index in [2.05, 4.69) is 0 Å². The van der Waals surface area contributed by atoms with Crippen molar-refractivity contribution < 1.29 is 18.0 Å². The van der Waals surface area contributed by atoms with Crippen molar-refractivity contribution in [2.24, 2.45) is 11.7 Å². The lowest BCUT2D eigenvalue weighted by atomic mass is 9.90. The summed E-state index contributed by atoms with van der Waals surface area (Å²) in [6, 6.07) is 5.01. The van der Waals surface area contributed by atoms with Crippen LogP contribution in [0.15, 0.2) is 24.3 Å². The van der Waals surface area contributed by atoms with E-state index in [0.29, 0.717) is 13.0 Å². The zero-order valence-electron chi connectivity index (χ0n) is 13.0. The van der Waals surface area contributed by atoms with Crippen LogP contribution in [0.2, 0.25) is 0 Å². The van der Waals surface area contributed by atoms with Crippen LogP contribution in [0.1, 0.15) is 43.4 Å². The van der Waals surface area contributed by atoms with Crippen molar-refractivity contribution >= 4 is 18.3 Å². The highest BCUT2D eigenvalue weighted by Gasteiger charge is 2.38. The first-order valence-corrected chi connectivity index (χ1v) is 7.53. The van der Waals surface area contributed by atoms with Gasteiger partial charge in [0.15, 0.2) is 0 Å². The van der Waals surface area contributed by atoms with Crippen LogP contribution in [-0.4, -0.2) is 23.9 Å². The summed E-state index contributed by atoms with van der Waals surface area (Å²) in [7, 11) is 0. The quantitative estimate of drug-likeness (QED) is 0.901. The fraction of sp³-hybridized carbons (Fsp3) is 0.562. The summed E-state index contributed by atoms with van der Waals surface area (Å²) in [5, 5.41) is 0. The zero-order valence-corrected chi connectivity index (χ0v) is 13.8. The molecule has 0 aromatic heterocycles. The number of alkyl halides is 3. The highest BCUT2D eigenvalue weighted by Crippen LogP contribution is 2.40. The van der Waals surface area contributed by atoms with Gasteiger partial charge < -0.3 is 10.6 Å². The summed E-state index contributed by atoms with van der Waals surface area (Å²) in [4.78, 5) is 14.0. The zero-order chi connectivity index (χ0) is 16.3. The van der Waals surface area contributed by atoms with Gasteiger partial charge in [-0.3, -0.25) is 4.79 Å². The van der Waals surface area contributed by atoms with Gasteiger partial charge >= 0.3 is 6.18 Å². The minimum atomic E-state index is -4.41. The van der Waals surface area contributed by atoms with Crippen LogP contribution < -0.4 is 5.73 Å². The molecule has 1 aromatic carbocycles. The summed E-state index contributed by atoms with van der Waals surface area (Å²) in [5.74, 6) is -0.539. The molecule has 0 spiro atoms. The monoisotopic (exact) mass is 350 g/mol. The second-order valence-electron chi connectivity index (χ2n) is 5.76. The molecule has 1 aliphatic heterocycles. The van der Waals surface area contributed by atoms with Crippen LogP contribution in [0, 0.1) is 5.92 Å². The molecule has 0 saturated carbocycles. The standard InChI is InChI=1S/C16H21F3N2O.ClH/c1-11(10-20)15(22)21-9-5-4-8-14(21)12-6-2-3-7-13(12)16(17,18)19;/h2-3,6-7,11,14H,4-5,8-10,20H2,1H3;1H. The maximum atomic E-state index is 13.2. The number of nitrogens with two attached hydrogens (primary N) is 1. The minimum Gasteiger partial charge on any atom is -0.335 e. The number of likely N-dealkylation sites (tertiary alicyclic amines) is 1. The largest absolute Gasteiger partial charge is 0.416 e. The molecule has 1 amide bonds. The van der Waals surface area contributed by atoms with Crippen molar-refractivity contribution in [1.29, 1.82) is 0 Å². The fourth-order valence-corrected chi connectivity index (χ4v) is 2.95. The molecule has 1 fully saturated rings. The summed E-state index contributed by atoms with van der Waals surface area (Å²) in [6.07, 6.45) is -2.23. The predicted octanol–water partition coefficient (Wildman–Crippen LogP) is 3.78. The molecule has 1 heterocycles. The van der Waals surface area contributed by atoms with Crippen molar-refractivity contribution in [1.82, 2.24) is 4.90 Å². The Morgan fingerprint density at radius 1 is 1.35 bits per heavy atom. The van der Waals surface area contributed by atoms with Gasteiger partial charge in [0, 0.05) is 19.0 Å². The Balaban J connectivity index is 0.00000264. The Bertz CT molecular complexity index is 536. The van der Waals surface area contributed by atoms with Gasteiger partial charge in [0.05, 0.1) is 11.6 Å². The molecule has 2 atom stereocenters. The number of carbonyl (C=O) groups is 1. The number of nitrogens with zero attached hydrogens (tertiary/aromatic N) is 1. The van der Waals surface area contributed by atoms with Crippen LogP contribution in [0.3, 0.4) is 0 Å². The molecule has 2 rings (SSSR count). The van der Waals surface area contributed by atoms with Gasteiger partial charge in [-0.05, 0) is 30.9 Å². The number of hydrogen-bond acceptors (Lipinski definition) is 2. The third-order valence-electron chi connectivity index (χ3n) is 4.19. The first-order valence-electron chi connectivity index (χ1n) is 7.53. The molecule has 0 bridgehead atoms. The van der Waals surface area contributed by atoms with Crippen molar-refractivity contribution in [2.45, 2.75) is 38.4 Å². The molecule has 23 heavy (non-hydrogen) atoms. The minimum absolute atomic E-state index is 0. The van der Waals surface area contributed by atoms with E-state index in [0.717, 1.165) is 18.9 Å². The Morgan fingerprint density at radius 3 is 2.61 bits per heavy atom. The summed E-state index contributed by atoms with van der Waals surface area (Å²) < 4.78 is 39.7. The normalized spacial score (nSPS) is 19.9. The van der Waals surface area contributed by atoms with E-state index >= 15 is 0 Å². The number of benzene rings is 1. The van der Waals surface area contributed by atoms with Crippen LogP contribution in [0.4, 0.5) is 13.2 Å². The van der Waals surface area contributed by atoms with E-state index in [9.17, 15) is 18.0 Å². The van der Waals surface area contributed by atoms with E-state index in [1.54, 1.807) is 17.9 Å². The number of piperidine rings is 1. The molecule has 3 nitrogen and oxygen atoms in total. The maximum Gasteiger partial charge on any atom is 0.416 e. The lowest BCUT2D eigenvalue weighted by Gasteiger charge is -2.38. The van der Waals surface area contributed by atoms with E-state index in [1.165, 1.54) is 12.1 Å². The van der Waals surface area contributed by atoms with Crippen molar-refractivity contribution in [3.63, 3.8) is 0 Å². The molecule has 0 aliphatic carbocycles. The second-order valence-corrected chi connectivity index (χ2v) is 5.76. The highest BCUT2D eigenvalue weighted by molar-refractivity contribution is 5.85. The lowest BCUT2D eigenvalue weighted by molar-refractivity contribution is -0.143. The van der Waals surface area contributed by atoms with Crippen LogP contribution in [-0.2, 0) is 11.0 Å². The highest BCUT2D eigenvalue weighted by atomic mass is 35.5. The molecular weight excluding hydrogens is 329 g/mol. The summed E-state index contributed by atoms with van der Waals surface area (Å²) in [6.45, 7) is 2.40. The molecule has 2 unspecified atom stereocenters. The van der Waals surface area contributed by atoms with Gasteiger partial charge in [-0.2, -0.15) is 13.2 Å². The lowest BCUT2D eigenvalue weighted by Crippen LogP contribution is -2.43. The Hall–Kier alpha value is -1.27. The molecule has 130 valence electrons. The van der Waals surface area contributed by atoms with E-state index < -0.39 is 17.8 Å². The average Bonchev–Trinajstić information content (AvgIpc) is 2.52.